The number of pyridine rings is 1. The molecule has 0 fully saturated rings. The van der Waals surface area contributed by atoms with E-state index in [2.05, 4.69) is 110 Å². The summed E-state index contributed by atoms with van der Waals surface area (Å²) in [6, 6.07) is 3.41. The first-order chi connectivity index (χ1) is 52.6. The van der Waals surface area contributed by atoms with Crippen LogP contribution in [0.15, 0.2) is 90.6 Å². The number of ether oxygens (including phenoxy) is 4. The summed E-state index contributed by atoms with van der Waals surface area (Å²) >= 11 is 3.06. The number of carboxylic acid groups (broad SMARTS) is 1. The van der Waals surface area contributed by atoms with Crippen LogP contribution in [0.1, 0.15) is 138 Å². The number of carbonyl (C=O) groups excluding carboxylic acids is 5. The van der Waals surface area contributed by atoms with Crippen molar-refractivity contribution in [1.29, 1.82) is 0 Å². The van der Waals surface area contributed by atoms with Gasteiger partial charge in [-0.15, -0.1) is 0 Å². The Morgan fingerprint density at radius 1 is 0.468 bits per heavy atom. The van der Waals surface area contributed by atoms with Crippen LogP contribution in [0.3, 0.4) is 0 Å². The third kappa shape index (κ3) is 25.0. The summed E-state index contributed by atoms with van der Waals surface area (Å²) in [5.74, 6) is -3.78. The maximum absolute atomic E-state index is 12.6. The van der Waals surface area contributed by atoms with Crippen molar-refractivity contribution < 1.29 is 78.1 Å². The van der Waals surface area contributed by atoms with Gasteiger partial charge in [0.15, 0.2) is 69.1 Å². The number of hydrogen-bond acceptors (Lipinski definition) is 36. The molecule has 0 bridgehead atoms. The van der Waals surface area contributed by atoms with Crippen LogP contribution in [0.4, 0.5) is 40.6 Å². The monoisotopic (exact) mass is 1660 g/mol. The quantitative estimate of drug-likeness (QED) is 0.0467. The fourth-order valence-electron chi connectivity index (χ4n) is 9.88. The van der Waals surface area contributed by atoms with E-state index in [0.717, 1.165) is 47.5 Å². The lowest BCUT2D eigenvalue weighted by atomic mass is 10.1. The van der Waals surface area contributed by atoms with Crippen molar-refractivity contribution in [2.45, 2.75) is 53.4 Å². The second kappa shape index (κ2) is 41.3. The van der Waals surface area contributed by atoms with Gasteiger partial charge in [0.25, 0.3) is 5.91 Å². The van der Waals surface area contributed by atoms with Crippen molar-refractivity contribution in [2.75, 3.05) is 138 Å². The first-order valence-corrected chi connectivity index (χ1v) is 38.8. The lowest BCUT2D eigenvalue weighted by Gasteiger charge is -2.25. The standard InChI is InChI=1S/C18H22N6O3S.C13H18N4O4S.C12H16N4O4S.C11H14N4O2.C6H6BrN3O2.C6H7N3O2/c1-3-28(26,27)24-8-5-13(6-9-24)15-11-21-17(19)16(23-15)18(25)22-14-4-7-20-12(2)10-14;1-3-22(19,20)17-6-4-9(5-7-17)10-8-15-12(14)11(16-10)13(18)21-2;1-2-21(19,20)16-5-3-8(4-6-16)9-7-14-11(13)10(15-9)12(17)18;1-17-11(16)9-10(12)14-6-8(15-9)7-2-4-13-5-3-7;1-12-6(11)4-5(8)9-2-3(7)10-4;1-11-6(10)4-5(7)9-3-2-8-4/h4-5,7,10-11H,3,6,8-9H2,1-2H3,(H2,19,21)(H,20,22,25);4,8H,3,5-7H2,1-2H3,(H2,14,15);3,7H,2,4-6H2,1H3,(H2,13,14)(H,17,18);2,6,13H,3-5H2,1H3,(H2,12,14);2H,1H3,(H2,8,9);2-3H,1H3,(H2,7,9). The summed E-state index contributed by atoms with van der Waals surface area (Å²) in [4.78, 5) is 120. The number of esters is 4. The molecule has 0 saturated heterocycles. The van der Waals surface area contributed by atoms with E-state index in [1.165, 1.54) is 78.5 Å². The van der Waals surface area contributed by atoms with Crippen molar-refractivity contribution in [3.63, 3.8) is 0 Å². The number of nitrogens with zero attached hydrogens (tertiary/aromatic N) is 16. The molecule has 7 aromatic heterocycles. The van der Waals surface area contributed by atoms with E-state index in [4.69, 9.17) is 39.5 Å². The predicted molar refractivity (Wildman–Crippen MR) is 412 cm³/mol. The first-order valence-electron chi connectivity index (χ1n) is 33.2. The molecule has 111 heavy (non-hydrogen) atoms. The molecule has 0 aliphatic carbocycles. The number of nitrogens with one attached hydrogen (secondary N) is 2. The molecule has 11 rings (SSSR count). The molecule has 15 N–H and O–H groups in total. The van der Waals surface area contributed by atoms with Gasteiger partial charge in [-0.2, -0.15) is 12.9 Å². The van der Waals surface area contributed by atoms with Crippen molar-refractivity contribution >= 4 is 145 Å². The Morgan fingerprint density at radius 2 is 0.820 bits per heavy atom. The molecular weight excluding hydrogens is 1580 g/mol. The van der Waals surface area contributed by atoms with Crippen molar-refractivity contribution in [2.24, 2.45) is 0 Å². The second-order valence-electron chi connectivity index (χ2n) is 23.0. The van der Waals surface area contributed by atoms with E-state index in [-0.39, 0.29) is 106 Å². The van der Waals surface area contributed by atoms with Crippen molar-refractivity contribution in [3.8, 4) is 0 Å². The molecule has 0 unspecified atom stereocenters. The number of anilines is 7. The molecule has 0 atom stereocenters. The number of nitrogens with two attached hydrogens (primary N) is 6. The summed E-state index contributed by atoms with van der Waals surface area (Å²) in [5, 5.41) is 14.9. The molecule has 1 amide bonds. The van der Waals surface area contributed by atoms with E-state index < -0.39 is 65.8 Å². The Balaban J connectivity index is 0.000000213. The fraction of sp³-hybridized carbons (Fsp3) is 0.348. The molecule has 594 valence electrons. The Labute approximate surface area is 646 Å². The number of amides is 1. The molecule has 4 aliphatic rings. The highest BCUT2D eigenvalue weighted by molar-refractivity contribution is 9.10. The summed E-state index contributed by atoms with van der Waals surface area (Å²) in [6.07, 6.45) is 21.4. The first kappa shape index (κ1) is 88.3. The number of sulfonamides is 3. The number of methoxy groups -OCH3 is 4. The largest absolute Gasteiger partial charge is 0.476 e. The zero-order valence-electron chi connectivity index (χ0n) is 61.4. The van der Waals surface area contributed by atoms with Crippen LogP contribution in [0, 0.1) is 6.92 Å². The van der Waals surface area contributed by atoms with E-state index >= 15 is 0 Å². The Kier molecular flexibility index (Phi) is 32.8. The highest BCUT2D eigenvalue weighted by Gasteiger charge is 2.29. The average molecular weight is 1660 g/mol. The topological polar surface area (TPSA) is 619 Å². The third-order valence-corrected chi connectivity index (χ3v) is 21.9. The molecule has 0 spiro atoms. The summed E-state index contributed by atoms with van der Waals surface area (Å²) in [6.45, 7) is 10.2. The minimum Gasteiger partial charge on any atom is -0.476 e. The van der Waals surface area contributed by atoms with Crippen LogP contribution in [-0.2, 0) is 49.0 Å². The maximum atomic E-state index is 12.6. The lowest BCUT2D eigenvalue weighted by molar-refractivity contribution is 0.0586. The zero-order chi connectivity index (χ0) is 81.9. The number of aryl methyl sites for hydroxylation is 1. The van der Waals surface area contributed by atoms with Gasteiger partial charge in [-0.1, -0.05) is 24.3 Å². The van der Waals surface area contributed by atoms with Gasteiger partial charge in [0.2, 0.25) is 30.1 Å². The van der Waals surface area contributed by atoms with Crippen LogP contribution >= 0.6 is 15.9 Å². The van der Waals surface area contributed by atoms with Crippen LogP contribution in [-0.4, -0.2) is 242 Å². The molecule has 4 aliphatic heterocycles. The van der Waals surface area contributed by atoms with Gasteiger partial charge in [-0.05, 0) is 110 Å². The summed E-state index contributed by atoms with van der Waals surface area (Å²) in [7, 11) is -4.60. The maximum Gasteiger partial charge on any atom is 0.360 e. The predicted octanol–water partition coefficient (Wildman–Crippen LogP) is 2.61. The van der Waals surface area contributed by atoms with E-state index in [9.17, 15) is 54.0 Å². The number of hydrogen-bond donors (Lipinski definition) is 9. The fourth-order valence-corrected chi connectivity index (χ4v) is 13.3. The number of aromatic carboxylic acids is 1. The number of carboxylic acids is 1. The Morgan fingerprint density at radius 3 is 1.18 bits per heavy atom. The molecular formula is C66H83BrN24O17S3. The second-order valence-corrected chi connectivity index (χ2v) is 30.6. The van der Waals surface area contributed by atoms with Crippen molar-refractivity contribution in [1.82, 2.24) is 83.0 Å². The third-order valence-electron chi connectivity index (χ3n) is 16.0. The van der Waals surface area contributed by atoms with Gasteiger partial charge < -0.3 is 69.1 Å². The highest BCUT2D eigenvalue weighted by atomic mass is 79.9. The minimum absolute atomic E-state index is 0.00203. The number of aromatic nitrogens is 13. The Hall–Kier alpha value is -11.6. The number of nitrogen functional groups attached to an aromatic ring is 6. The highest BCUT2D eigenvalue weighted by Crippen LogP contribution is 2.28. The molecule has 0 saturated carbocycles. The molecule has 7 aromatic rings. The van der Waals surface area contributed by atoms with Gasteiger partial charge in [-0.25, -0.2) is 109 Å². The normalized spacial score (nSPS) is 14.4. The van der Waals surface area contributed by atoms with Crippen LogP contribution in [0.25, 0.3) is 22.3 Å². The van der Waals surface area contributed by atoms with Gasteiger partial charge in [0.05, 0.1) is 99.5 Å². The molecule has 41 nitrogen and oxygen atoms in total. The van der Waals surface area contributed by atoms with Crippen LogP contribution < -0.4 is 45.0 Å². The lowest BCUT2D eigenvalue weighted by Crippen LogP contribution is -2.35. The smallest absolute Gasteiger partial charge is 0.360 e. The van der Waals surface area contributed by atoms with E-state index in [1.807, 2.05) is 13.0 Å². The van der Waals surface area contributed by atoms with Gasteiger partial charge in [-0.3, -0.25) is 9.78 Å². The van der Waals surface area contributed by atoms with Gasteiger partial charge in [0.1, 0.15) is 4.60 Å². The number of halogens is 1. The van der Waals surface area contributed by atoms with E-state index in [1.54, 1.807) is 63.5 Å². The van der Waals surface area contributed by atoms with Crippen molar-refractivity contribution in [3.05, 3.63) is 153 Å². The number of rotatable bonds is 17. The molecule has 0 radical (unpaired) electrons. The minimum atomic E-state index is -3.23. The number of carbonyl (C=O) groups is 6. The molecule has 45 heteroatoms. The molecule has 11 heterocycles. The zero-order valence-corrected chi connectivity index (χ0v) is 65.4. The Bertz CT molecular complexity index is 5060. The molecule has 0 aromatic carbocycles. The van der Waals surface area contributed by atoms with Gasteiger partial charge >= 0.3 is 29.8 Å². The summed E-state index contributed by atoms with van der Waals surface area (Å²) < 4.78 is 93.8. The van der Waals surface area contributed by atoms with Crippen LogP contribution in [0.5, 0.6) is 0 Å². The SMILES string of the molecule is CCS(=O)(=O)N1CC=C(c2cnc(N)c(C(=O)Nc3ccnc(C)c3)n2)CC1.CCS(=O)(=O)N1CC=C(c2cnc(N)c(C(=O)O)n2)CC1.CCS(=O)(=O)N1CC=C(c2cnc(N)c(C(=O)OC)n2)CC1.COC(=O)c1nc(Br)cnc1N.COC(=O)c1nc(C2=CCNCC2)cnc1N.COC(=O)c1nccnc1N. The van der Waals surface area contributed by atoms with Crippen LogP contribution in [0.2, 0.25) is 0 Å². The average Bonchev–Trinajstić information content (AvgIpc) is 0.851. The summed E-state index contributed by atoms with van der Waals surface area (Å²) in [5.41, 5.74) is 40.0. The van der Waals surface area contributed by atoms with E-state index in [0.29, 0.717) is 72.0 Å². The van der Waals surface area contributed by atoms with Gasteiger partial charge in [0, 0.05) is 75.8 Å².